The number of hydrogen-bond donors (Lipinski definition) is 4. The Labute approximate surface area is 151 Å². The molecule has 0 aliphatic carbocycles. The zero-order chi connectivity index (χ0) is 17.0. The lowest BCUT2D eigenvalue weighted by atomic mass is 10.3. The lowest BCUT2D eigenvalue weighted by molar-refractivity contribution is 0.588. The van der Waals surface area contributed by atoms with E-state index in [0.29, 0.717) is 11.4 Å². The molecular formula is C14H14Br2N4O2S. The van der Waals surface area contributed by atoms with E-state index >= 15 is 0 Å². The van der Waals surface area contributed by atoms with Gasteiger partial charge in [-0.2, -0.15) is 0 Å². The molecule has 9 heteroatoms. The summed E-state index contributed by atoms with van der Waals surface area (Å²) in [6, 6.07) is 11.8. The average molecular weight is 462 g/mol. The fraction of sp³-hybridized carbons (Fsp3) is 0.0714. The molecule has 0 radical (unpaired) electrons. The largest absolute Gasteiger partial charge is 0.326 e. The van der Waals surface area contributed by atoms with Crippen LogP contribution in [0.4, 0.5) is 11.4 Å². The maximum absolute atomic E-state index is 11.8. The first-order valence-corrected chi connectivity index (χ1v) is 9.50. The summed E-state index contributed by atoms with van der Waals surface area (Å²) in [5.41, 5.74) is 1.20. The van der Waals surface area contributed by atoms with Crippen molar-refractivity contribution in [2.45, 2.75) is 4.90 Å². The molecule has 122 valence electrons. The smallest absolute Gasteiger partial charge is 0.240 e. The van der Waals surface area contributed by atoms with Gasteiger partial charge in [-0.25, -0.2) is 13.1 Å². The van der Waals surface area contributed by atoms with Gasteiger partial charge in [-0.15, -0.1) is 0 Å². The molecule has 0 spiro atoms. The number of benzene rings is 2. The molecule has 0 bridgehead atoms. The van der Waals surface area contributed by atoms with Crippen molar-refractivity contribution >= 4 is 59.2 Å². The maximum atomic E-state index is 11.8. The first kappa shape index (κ1) is 17.9. The number of halogens is 2. The van der Waals surface area contributed by atoms with Crippen LogP contribution in [0.3, 0.4) is 0 Å². The molecule has 0 aromatic heterocycles. The number of hydrogen-bond acceptors (Lipinski definition) is 3. The van der Waals surface area contributed by atoms with E-state index in [2.05, 4.69) is 47.2 Å². The molecule has 2 aromatic rings. The van der Waals surface area contributed by atoms with Crippen LogP contribution in [-0.2, 0) is 10.0 Å². The van der Waals surface area contributed by atoms with Gasteiger partial charge < -0.3 is 10.6 Å². The van der Waals surface area contributed by atoms with Crippen molar-refractivity contribution in [1.29, 1.82) is 5.41 Å². The van der Waals surface area contributed by atoms with E-state index in [4.69, 9.17) is 5.41 Å². The van der Waals surface area contributed by atoms with Gasteiger partial charge in [0.05, 0.1) is 10.6 Å². The highest BCUT2D eigenvalue weighted by Gasteiger charge is 2.12. The Kier molecular flexibility index (Phi) is 5.79. The zero-order valence-corrected chi connectivity index (χ0v) is 16.0. The predicted molar refractivity (Wildman–Crippen MR) is 99.5 cm³/mol. The molecular weight excluding hydrogens is 448 g/mol. The minimum absolute atomic E-state index is 0.0165. The second kappa shape index (κ2) is 7.43. The van der Waals surface area contributed by atoms with Gasteiger partial charge in [0, 0.05) is 14.6 Å². The zero-order valence-electron chi connectivity index (χ0n) is 12.0. The molecule has 0 aliphatic rings. The summed E-state index contributed by atoms with van der Waals surface area (Å²) in [5, 5.41) is 13.7. The fourth-order valence-electron chi connectivity index (χ4n) is 1.76. The van der Waals surface area contributed by atoms with Crippen molar-refractivity contribution in [3.8, 4) is 0 Å². The summed E-state index contributed by atoms with van der Waals surface area (Å²) < 4.78 is 27.5. The van der Waals surface area contributed by atoms with Gasteiger partial charge in [0.1, 0.15) is 0 Å². The Bertz CT molecular complexity index is 840. The lowest BCUT2D eigenvalue weighted by Gasteiger charge is -2.13. The van der Waals surface area contributed by atoms with Crippen LogP contribution in [0.1, 0.15) is 0 Å². The van der Waals surface area contributed by atoms with Gasteiger partial charge in [0.2, 0.25) is 10.0 Å². The Hall–Kier alpha value is -1.42. The summed E-state index contributed by atoms with van der Waals surface area (Å²) in [7, 11) is -2.17. The monoisotopic (exact) mass is 460 g/mol. The second-order valence-corrected chi connectivity index (χ2v) is 8.14. The molecule has 0 aliphatic heterocycles. The first-order chi connectivity index (χ1) is 10.8. The molecule has 4 N–H and O–H groups in total. The van der Waals surface area contributed by atoms with Crippen molar-refractivity contribution in [1.82, 2.24) is 4.72 Å². The van der Waals surface area contributed by atoms with Crippen LogP contribution < -0.4 is 15.4 Å². The maximum Gasteiger partial charge on any atom is 0.240 e. The molecule has 0 atom stereocenters. The van der Waals surface area contributed by atoms with E-state index in [1.165, 1.54) is 19.2 Å². The Morgan fingerprint density at radius 3 is 2.52 bits per heavy atom. The van der Waals surface area contributed by atoms with Crippen LogP contribution >= 0.6 is 31.9 Å². The SMILES string of the molecule is CNS(=O)(=O)c1cccc(NC(=N)Nc2cc(Br)ccc2Br)c1. The third-order valence-corrected chi connectivity index (χ3v) is 5.47. The minimum Gasteiger partial charge on any atom is -0.326 e. The molecule has 0 heterocycles. The molecule has 6 nitrogen and oxygen atoms in total. The number of anilines is 2. The van der Waals surface area contributed by atoms with Crippen molar-refractivity contribution < 1.29 is 8.42 Å². The van der Waals surface area contributed by atoms with E-state index in [9.17, 15) is 8.42 Å². The third kappa shape index (κ3) is 4.77. The fourth-order valence-corrected chi connectivity index (χ4v) is 3.24. The van der Waals surface area contributed by atoms with Gasteiger partial charge in [0.25, 0.3) is 0 Å². The van der Waals surface area contributed by atoms with E-state index in [0.717, 1.165) is 8.95 Å². The third-order valence-electron chi connectivity index (χ3n) is 2.87. The van der Waals surface area contributed by atoms with Gasteiger partial charge in [-0.1, -0.05) is 22.0 Å². The van der Waals surface area contributed by atoms with Crippen LogP contribution in [-0.4, -0.2) is 21.4 Å². The molecule has 23 heavy (non-hydrogen) atoms. The molecule has 0 amide bonds. The molecule has 0 saturated heterocycles. The Balaban J connectivity index is 2.15. The average Bonchev–Trinajstić information content (AvgIpc) is 2.51. The molecule has 0 fully saturated rings. The number of rotatable bonds is 4. The first-order valence-electron chi connectivity index (χ1n) is 6.43. The number of guanidine groups is 1. The van der Waals surface area contributed by atoms with E-state index in [1.807, 2.05) is 18.2 Å². The van der Waals surface area contributed by atoms with Gasteiger partial charge in [0.15, 0.2) is 5.96 Å². The topological polar surface area (TPSA) is 94.1 Å². The highest BCUT2D eigenvalue weighted by molar-refractivity contribution is 9.11. The van der Waals surface area contributed by atoms with Crippen molar-refractivity contribution in [3.63, 3.8) is 0 Å². The quantitative estimate of drug-likeness (QED) is 0.413. The van der Waals surface area contributed by atoms with Crippen LogP contribution in [0, 0.1) is 5.41 Å². The van der Waals surface area contributed by atoms with Crippen LogP contribution in [0.5, 0.6) is 0 Å². The summed E-state index contributed by atoms with van der Waals surface area (Å²) >= 11 is 6.76. The van der Waals surface area contributed by atoms with E-state index in [-0.39, 0.29) is 10.9 Å². The van der Waals surface area contributed by atoms with Crippen molar-refractivity contribution in [2.75, 3.05) is 17.7 Å². The standard InChI is InChI=1S/C14H14Br2N4O2S/c1-18-23(21,22)11-4-2-3-10(8-11)19-14(17)20-13-7-9(15)5-6-12(13)16/h2-8,18H,1H3,(H3,17,19,20). The van der Waals surface area contributed by atoms with Gasteiger partial charge in [-0.3, -0.25) is 5.41 Å². The highest BCUT2D eigenvalue weighted by atomic mass is 79.9. The van der Waals surface area contributed by atoms with Crippen LogP contribution in [0.25, 0.3) is 0 Å². The molecule has 2 rings (SSSR count). The van der Waals surface area contributed by atoms with Crippen molar-refractivity contribution in [2.24, 2.45) is 0 Å². The number of nitrogens with one attached hydrogen (secondary N) is 4. The molecule has 0 saturated carbocycles. The number of sulfonamides is 1. The van der Waals surface area contributed by atoms with Crippen LogP contribution in [0.15, 0.2) is 56.3 Å². The van der Waals surface area contributed by atoms with Gasteiger partial charge >= 0.3 is 0 Å². The minimum atomic E-state index is -3.52. The van der Waals surface area contributed by atoms with Crippen LogP contribution in [0.2, 0.25) is 0 Å². The van der Waals surface area contributed by atoms with E-state index < -0.39 is 10.0 Å². The summed E-state index contributed by atoms with van der Waals surface area (Å²) in [6.07, 6.45) is 0. The Morgan fingerprint density at radius 1 is 1.09 bits per heavy atom. The summed E-state index contributed by atoms with van der Waals surface area (Å²) in [6.45, 7) is 0. The molecule has 0 unspecified atom stereocenters. The molecule has 2 aromatic carbocycles. The normalized spacial score (nSPS) is 11.1. The highest BCUT2D eigenvalue weighted by Crippen LogP contribution is 2.26. The van der Waals surface area contributed by atoms with Gasteiger partial charge in [-0.05, 0) is 59.4 Å². The summed E-state index contributed by atoms with van der Waals surface area (Å²) in [4.78, 5) is 0.126. The predicted octanol–water partition coefficient (Wildman–Crippen LogP) is 3.58. The van der Waals surface area contributed by atoms with Crippen molar-refractivity contribution in [3.05, 3.63) is 51.4 Å². The second-order valence-electron chi connectivity index (χ2n) is 4.48. The lowest BCUT2D eigenvalue weighted by Crippen LogP contribution is -2.22. The Morgan fingerprint density at radius 2 is 1.83 bits per heavy atom. The van der Waals surface area contributed by atoms with E-state index in [1.54, 1.807) is 12.1 Å². The summed E-state index contributed by atoms with van der Waals surface area (Å²) in [5.74, 6) is 0.0165.